The zero-order chi connectivity index (χ0) is 15.1. The Balaban J connectivity index is 1.78. The number of imidazole rings is 1. The van der Waals surface area contributed by atoms with Crippen LogP contribution in [-0.4, -0.2) is 31.4 Å². The molecule has 7 heteroatoms. The highest BCUT2D eigenvalue weighted by atomic mass is 32.1. The SMILES string of the molecule is OCC1=C(O)C[C@H](n2cnc3c(-c4cccs4)ccnc32)O1. The summed E-state index contributed by atoms with van der Waals surface area (Å²) in [4.78, 5) is 9.98. The van der Waals surface area contributed by atoms with Gasteiger partial charge in [-0.3, -0.25) is 4.57 Å². The minimum absolute atomic E-state index is 0.0729. The number of aliphatic hydroxyl groups is 2. The molecule has 4 heterocycles. The van der Waals surface area contributed by atoms with Gasteiger partial charge in [-0.15, -0.1) is 11.3 Å². The Bertz CT molecular complexity index is 854. The van der Waals surface area contributed by atoms with Crippen LogP contribution in [0.25, 0.3) is 21.6 Å². The number of thiophene rings is 1. The van der Waals surface area contributed by atoms with Crippen LogP contribution in [0.15, 0.2) is 47.6 Å². The van der Waals surface area contributed by atoms with Crippen molar-refractivity contribution in [2.75, 3.05) is 6.61 Å². The molecular formula is C15H13N3O3S. The van der Waals surface area contributed by atoms with Gasteiger partial charge in [0.05, 0.1) is 6.42 Å². The van der Waals surface area contributed by atoms with Gasteiger partial charge >= 0.3 is 0 Å². The van der Waals surface area contributed by atoms with Gasteiger partial charge in [-0.2, -0.15) is 0 Å². The molecule has 0 aromatic carbocycles. The summed E-state index contributed by atoms with van der Waals surface area (Å²) in [5, 5.41) is 21.0. The van der Waals surface area contributed by atoms with Crippen LogP contribution >= 0.6 is 11.3 Å². The van der Waals surface area contributed by atoms with Crippen molar-refractivity contribution in [3.8, 4) is 10.4 Å². The predicted molar refractivity (Wildman–Crippen MR) is 82.3 cm³/mol. The zero-order valence-corrected chi connectivity index (χ0v) is 12.3. The highest BCUT2D eigenvalue weighted by Gasteiger charge is 2.28. The summed E-state index contributed by atoms with van der Waals surface area (Å²) in [6.07, 6.45) is 3.27. The Morgan fingerprint density at radius 3 is 3.00 bits per heavy atom. The molecule has 112 valence electrons. The molecule has 0 bridgehead atoms. The van der Waals surface area contributed by atoms with E-state index in [2.05, 4.69) is 9.97 Å². The van der Waals surface area contributed by atoms with E-state index in [0.29, 0.717) is 12.1 Å². The maximum absolute atomic E-state index is 9.78. The van der Waals surface area contributed by atoms with E-state index in [4.69, 9.17) is 9.84 Å². The molecule has 2 N–H and O–H groups in total. The van der Waals surface area contributed by atoms with Crippen molar-refractivity contribution in [3.63, 3.8) is 0 Å². The van der Waals surface area contributed by atoms with Crippen LogP contribution in [0.4, 0.5) is 0 Å². The largest absolute Gasteiger partial charge is 0.508 e. The average molecular weight is 315 g/mol. The number of nitrogens with zero attached hydrogens (tertiary/aromatic N) is 3. The van der Waals surface area contributed by atoms with Crippen molar-refractivity contribution < 1.29 is 14.9 Å². The molecule has 0 radical (unpaired) electrons. The van der Waals surface area contributed by atoms with Crippen LogP contribution in [0.5, 0.6) is 0 Å². The molecule has 1 aliphatic heterocycles. The first-order valence-electron chi connectivity index (χ1n) is 6.82. The van der Waals surface area contributed by atoms with Gasteiger partial charge in [0.25, 0.3) is 0 Å². The van der Waals surface area contributed by atoms with Gasteiger partial charge in [-0.05, 0) is 17.5 Å². The van der Waals surface area contributed by atoms with Gasteiger partial charge in [-0.25, -0.2) is 9.97 Å². The zero-order valence-electron chi connectivity index (χ0n) is 11.5. The van der Waals surface area contributed by atoms with Crippen molar-refractivity contribution in [1.82, 2.24) is 14.5 Å². The van der Waals surface area contributed by atoms with Crippen molar-refractivity contribution >= 4 is 22.5 Å². The summed E-state index contributed by atoms with van der Waals surface area (Å²) in [5.41, 5.74) is 2.52. The van der Waals surface area contributed by atoms with Gasteiger partial charge in [0.2, 0.25) is 0 Å². The van der Waals surface area contributed by atoms with E-state index < -0.39 is 6.23 Å². The van der Waals surface area contributed by atoms with Crippen molar-refractivity contribution in [2.45, 2.75) is 12.6 Å². The van der Waals surface area contributed by atoms with E-state index in [1.54, 1.807) is 28.4 Å². The van der Waals surface area contributed by atoms with Crippen LogP contribution in [0.1, 0.15) is 12.6 Å². The Hall–Kier alpha value is -2.38. The summed E-state index contributed by atoms with van der Waals surface area (Å²) in [6, 6.07) is 5.98. The summed E-state index contributed by atoms with van der Waals surface area (Å²) in [6.45, 7) is -0.317. The van der Waals surface area contributed by atoms with Crippen molar-refractivity contribution in [3.05, 3.63) is 47.6 Å². The lowest BCUT2D eigenvalue weighted by molar-refractivity contribution is 0.0656. The smallest absolute Gasteiger partial charge is 0.185 e. The van der Waals surface area contributed by atoms with Crippen LogP contribution < -0.4 is 0 Å². The fourth-order valence-corrected chi connectivity index (χ4v) is 3.36. The number of aromatic nitrogens is 3. The molecule has 6 nitrogen and oxygen atoms in total. The fraction of sp³-hybridized carbons (Fsp3) is 0.200. The fourth-order valence-electron chi connectivity index (χ4n) is 2.61. The van der Waals surface area contributed by atoms with E-state index in [9.17, 15) is 5.11 Å². The Morgan fingerprint density at radius 2 is 2.27 bits per heavy atom. The standard InChI is InChI=1S/C15H13N3O3S/c19-7-11-10(20)6-13(21-11)18-8-17-14-9(3-4-16-15(14)18)12-2-1-5-22-12/h1-5,8,13,19-20H,6-7H2/t13-/m1/s1. The molecule has 0 saturated carbocycles. The summed E-state index contributed by atoms with van der Waals surface area (Å²) >= 11 is 1.65. The molecule has 0 fully saturated rings. The molecular weight excluding hydrogens is 302 g/mol. The molecule has 3 aromatic heterocycles. The minimum atomic E-state index is -0.432. The molecule has 0 amide bonds. The van der Waals surface area contributed by atoms with Gasteiger partial charge in [0, 0.05) is 16.6 Å². The monoisotopic (exact) mass is 315 g/mol. The third-order valence-corrected chi connectivity index (χ3v) is 4.57. The molecule has 1 atom stereocenters. The lowest BCUT2D eigenvalue weighted by Gasteiger charge is -2.13. The van der Waals surface area contributed by atoms with Crippen molar-refractivity contribution in [2.24, 2.45) is 0 Å². The average Bonchev–Trinajstić information content (AvgIpc) is 3.25. The molecule has 0 unspecified atom stereocenters. The molecule has 1 aliphatic rings. The highest BCUT2D eigenvalue weighted by molar-refractivity contribution is 7.13. The third-order valence-electron chi connectivity index (χ3n) is 3.67. The molecule has 3 aromatic rings. The highest BCUT2D eigenvalue weighted by Crippen LogP contribution is 2.35. The van der Waals surface area contributed by atoms with E-state index in [1.807, 2.05) is 23.6 Å². The second kappa shape index (κ2) is 5.11. The number of fused-ring (bicyclic) bond motifs is 1. The van der Waals surface area contributed by atoms with Gasteiger partial charge in [0.1, 0.15) is 24.2 Å². The van der Waals surface area contributed by atoms with E-state index in [-0.39, 0.29) is 18.1 Å². The second-order valence-corrected chi connectivity index (χ2v) is 5.91. The Kier molecular flexibility index (Phi) is 3.09. The lowest BCUT2D eigenvalue weighted by atomic mass is 10.2. The van der Waals surface area contributed by atoms with E-state index in [1.165, 1.54) is 0 Å². The van der Waals surface area contributed by atoms with Crippen LogP contribution in [0.3, 0.4) is 0 Å². The number of hydrogen-bond acceptors (Lipinski definition) is 6. The van der Waals surface area contributed by atoms with Crippen LogP contribution in [0, 0.1) is 0 Å². The molecule has 0 saturated heterocycles. The normalized spacial score (nSPS) is 18.1. The Labute approximate surface area is 130 Å². The van der Waals surface area contributed by atoms with Crippen LogP contribution in [0.2, 0.25) is 0 Å². The first kappa shape index (κ1) is 13.3. The predicted octanol–water partition coefficient (Wildman–Crippen LogP) is 2.84. The molecule has 4 rings (SSSR count). The number of hydrogen-bond donors (Lipinski definition) is 2. The van der Waals surface area contributed by atoms with Gasteiger partial charge < -0.3 is 14.9 Å². The van der Waals surface area contributed by atoms with Gasteiger partial charge in [-0.1, -0.05) is 6.07 Å². The lowest BCUT2D eigenvalue weighted by Crippen LogP contribution is -2.08. The summed E-state index contributed by atoms with van der Waals surface area (Å²) in [5.74, 6) is 0.282. The van der Waals surface area contributed by atoms with Crippen molar-refractivity contribution in [1.29, 1.82) is 0 Å². The number of ether oxygens (including phenoxy) is 1. The molecule has 0 spiro atoms. The minimum Gasteiger partial charge on any atom is -0.508 e. The first-order chi connectivity index (χ1) is 10.8. The first-order valence-corrected chi connectivity index (χ1v) is 7.70. The Morgan fingerprint density at radius 1 is 1.36 bits per heavy atom. The molecule has 22 heavy (non-hydrogen) atoms. The number of aliphatic hydroxyl groups excluding tert-OH is 2. The topological polar surface area (TPSA) is 80.4 Å². The summed E-state index contributed by atoms with van der Waals surface area (Å²) in [7, 11) is 0. The maximum atomic E-state index is 9.78. The summed E-state index contributed by atoms with van der Waals surface area (Å²) < 4.78 is 7.35. The van der Waals surface area contributed by atoms with E-state index >= 15 is 0 Å². The van der Waals surface area contributed by atoms with Crippen LogP contribution in [-0.2, 0) is 4.74 Å². The quantitative estimate of drug-likeness (QED) is 0.777. The number of pyridine rings is 1. The third kappa shape index (κ3) is 1.98. The maximum Gasteiger partial charge on any atom is 0.185 e. The van der Waals surface area contributed by atoms with E-state index in [0.717, 1.165) is 16.0 Å². The second-order valence-electron chi connectivity index (χ2n) is 4.96. The molecule has 0 aliphatic carbocycles. The van der Waals surface area contributed by atoms with Gasteiger partial charge in [0.15, 0.2) is 17.6 Å². The number of rotatable bonds is 3.